The summed E-state index contributed by atoms with van der Waals surface area (Å²) in [7, 11) is 0. The lowest BCUT2D eigenvalue weighted by atomic mass is 10.1. The molecule has 18 heavy (non-hydrogen) atoms. The predicted octanol–water partition coefficient (Wildman–Crippen LogP) is 1.27. The van der Waals surface area contributed by atoms with Crippen LogP contribution in [-0.4, -0.2) is 29.4 Å². The van der Waals surface area contributed by atoms with Gasteiger partial charge >= 0.3 is 0 Å². The van der Waals surface area contributed by atoms with E-state index >= 15 is 0 Å². The van der Waals surface area contributed by atoms with Gasteiger partial charge in [0.25, 0.3) is 11.7 Å². The molecule has 1 aliphatic heterocycles. The van der Waals surface area contributed by atoms with Gasteiger partial charge in [-0.2, -0.15) is 0 Å². The van der Waals surface area contributed by atoms with E-state index in [1.54, 1.807) is 0 Å². The highest BCUT2D eigenvalue weighted by Gasteiger charge is 2.38. The van der Waals surface area contributed by atoms with Crippen molar-refractivity contribution in [1.29, 1.82) is 0 Å². The van der Waals surface area contributed by atoms with Crippen molar-refractivity contribution < 1.29 is 23.5 Å². The lowest BCUT2D eigenvalue weighted by molar-refractivity contribution is -0.114. The molecular weight excluding hydrogens is 244 g/mol. The van der Waals surface area contributed by atoms with E-state index in [0.717, 1.165) is 11.0 Å². The van der Waals surface area contributed by atoms with Crippen LogP contribution in [0.3, 0.4) is 0 Å². The molecule has 1 atom stereocenters. The number of aliphatic hydroxyl groups is 1. The zero-order chi connectivity index (χ0) is 13.4. The second-order valence-corrected chi connectivity index (χ2v) is 4.21. The quantitative estimate of drug-likeness (QED) is 0.827. The van der Waals surface area contributed by atoms with Crippen LogP contribution in [0.25, 0.3) is 0 Å². The molecule has 1 aromatic carbocycles. The highest BCUT2D eigenvalue weighted by atomic mass is 19.1. The second kappa shape index (κ2) is 4.45. The lowest BCUT2D eigenvalue weighted by Gasteiger charge is -2.17. The molecule has 1 unspecified atom stereocenters. The van der Waals surface area contributed by atoms with Gasteiger partial charge in [0.1, 0.15) is 5.82 Å². The average molecular weight is 255 g/mol. The van der Waals surface area contributed by atoms with Gasteiger partial charge in [0.2, 0.25) is 0 Å². The Bertz CT molecular complexity index is 528. The molecule has 2 rings (SSSR count). The summed E-state index contributed by atoms with van der Waals surface area (Å²) in [5, 5.41) is 9.15. The van der Waals surface area contributed by atoms with Crippen molar-refractivity contribution in [2.24, 2.45) is 0 Å². The summed E-state index contributed by atoms with van der Waals surface area (Å²) in [6.07, 6.45) is -0.476. The largest absolute Gasteiger partial charge is 0.393 e. The Hall–Kier alpha value is -1.82. The number of aliphatic hydroxyl groups excluding tert-OH is 1. The summed E-state index contributed by atoms with van der Waals surface area (Å²) in [6.45, 7) is 1.53. The molecule has 0 saturated heterocycles. The Morgan fingerprint density at radius 2 is 2.00 bits per heavy atom. The average Bonchev–Trinajstić information content (AvgIpc) is 2.51. The maximum Gasteiger partial charge on any atom is 0.299 e. The van der Waals surface area contributed by atoms with E-state index in [4.69, 9.17) is 5.11 Å². The van der Waals surface area contributed by atoms with Crippen LogP contribution in [0.1, 0.15) is 23.7 Å². The van der Waals surface area contributed by atoms with Crippen molar-refractivity contribution in [3.05, 3.63) is 29.3 Å². The third-order valence-corrected chi connectivity index (χ3v) is 2.75. The van der Waals surface area contributed by atoms with Gasteiger partial charge in [-0.1, -0.05) is 0 Å². The van der Waals surface area contributed by atoms with E-state index in [-0.39, 0.29) is 24.2 Å². The first-order chi connectivity index (χ1) is 8.41. The van der Waals surface area contributed by atoms with Crippen LogP contribution >= 0.6 is 0 Å². The fourth-order valence-corrected chi connectivity index (χ4v) is 1.88. The van der Waals surface area contributed by atoms with Crippen LogP contribution in [0.4, 0.5) is 14.5 Å². The SMILES string of the molecule is CC(O)CCN1C(=O)C(=O)c2cc(F)cc(F)c21. The second-order valence-electron chi connectivity index (χ2n) is 4.21. The van der Waals surface area contributed by atoms with Gasteiger partial charge in [0, 0.05) is 12.6 Å². The smallest absolute Gasteiger partial charge is 0.299 e. The molecule has 1 N–H and O–H groups in total. The van der Waals surface area contributed by atoms with Gasteiger partial charge < -0.3 is 10.0 Å². The van der Waals surface area contributed by atoms with E-state index in [2.05, 4.69) is 0 Å². The molecule has 0 bridgehead atoms. The summed E-state index contributed by atoms with van der Waals surface area (Å²) in [5.41, 5.74) is -0.463. The van der Waals surface area contributed by atoms with Crippen LogP contribution in [-0.2, 0) is 4.79 Å². The molecule has 96 valence electrons. The first-order valence-corrected chi connectivity index (χ1v) is 5.45. The molecule has 6 heteroatoms. The first-order valence-electron chi connectivity index (χ1n) is 5.45. The number of fused-ring (bicyclic) bond motifs is 1. The van der Waals surface area contributed by atoms with Crippen molar-refractivity contribution in [1.82, 2.24) is 0 Å². The summed E-state index contributed by atoms with van der Waals surface area (Å²) < 4.78 is 26.6. The number of Topliss-reactive ketones (excluding diaryl/α,β-unsaturated/α-hetero) is 1. The third-order valence-electron chi connectivity index (χ3n) is 2.75. The monoisotopic (exact) mass is 255 g/mol. The van der Waals surface area contributed by atoms with Crippen molar-refractivity contribution in [3.8, 4) is 0 Å². The zero-order valence-corrected chi connectivity index (χ0v) is 9.61. The molecule has 0 saturated carbocycles. The van der Waals surface area contributed by atoms with Crippen LogP contribution in [0.15, 0.2) is 12.1 Å². The van der Waals surface area contributed by atoms with Gasteiger partial charge in [-0.25, -0.2) is 8.78 Å². The Kier molecular flexibility index (Phi) is 3.13. The minimum absolute atomic E-state index is 0.0117. The number of benzene rings is 1. The Labute approximate surface area is 102 Å². The summed E-state index contributed by atoms with van der Waals surface area (Å²) in [4.78, 5) is 24.2. The van der Waals surface area contributed by atoms with Crippen LogP contribution in [0, 0.1) is 11.6 Å². The highest BCUT2D eigenvalue weighted by Crippen LogP contribution is 2.32. The maximum atomic E-state index is 13.6. The topological polar surface area (TPSA) is 57.6 Å². The number of ketones is 1. The molecule has 1 amide bonds. The number of halogens is 2. The molecule has 0 aromatic heterocycles. The molecule has 1 aliphatic rings. The summed E-state index contributed by atoms with van der Waals surface area (Å²) >= 11 is 0. The molecule has 1 aromatic rings. The fourth-order valence-electron chi connectivity index (χ4n) is 1.88. The van der Waals surface area contributed by atoms with Gasteiger partial charge in [0.05, 0.1) is 17.4 Å². The number of amides is 1. The zero-order valence-electron chi connectivity index (χ0n) is 9.61. The maximum absolute atomic E-state index is 13.6. The van der Waals surface area contributed by atoms with Gasteiger partial charge in [-0.05, 0) is 19.4 Å². The van der Waals surface area contributed by atoms with E-state index in [1.807, 2.05) is 0 Å². The molecule has 0 radical (unpaired) electrons. The molecular formula is C12H11F2NO3. The number of carbonyl (C=O) groups is 2. The molecule has 0 spiro atoms. The van der Waals surface area contributed by atoms with Crippen molar-refractivity contribution >= 4 is 17.4 Å². The van der Waals surface area contributed by atoms with Gasteiger partial charge in [0.15, 0.2) is 5.82 Å². The highest BCUT2D eigenvalue weighted by molar-refractivity contribution is 6.52. The Morgan fingerprint density at radius 1 is 1.33 bits per heavy atom. The minimum Gasteiger partial charge on any atom is -0.393 e. The molecule has 0 aliphatic carbocycles. The van der Waals surface area contributed by atoms with Crippen LogP contribution < -0.4 is 4.90 Å². The van der Waals surface area contributed by atoms with E-state index in [9.17, 15) is 18.4 Å². The number of anilines is 1. The standard InChI is InChI=1S/C12H11F2NO3/c1-6(16)2-3-15-10-8(11(17)12(15)18)4-7(13)5-9(10)14/h4-6,16H,2-3H2,1H3. The Balaban J connectivity index is 2.42. The first kappa shape index (κ1) is 12.6. The number of carbonyl (C=O) groups excluding carboxylic acids is 2. The number of hydrogen-bond donors (Lipinski definition) is 1. The number of rotatable bonds is 3. The van der Waals surface area contributed by atoms with E-state index in [1.165, 1.54) is 6.92 Å². The van der Waals surface area contributed by atoms with Gasteiger partial charge in [-0.3, -0.25) is 9.59 Å². The normalized spacial score (nSPS) is 16.1. The number of nitrogens with zero attached hydrogens (tertiary/aromatic N) is 1. The third kappa shape index (κ3) is 1.99. The van der Waals surface area contributed by atoms with Crippen molar-refractivity contribution in [2.75, 3.05) is 11.4 Å². The Morgan fingerprint density at radius 3 is 2.61 bits per heavy atom. The van der Waals surface area contributed by atoms with Crippen molar-refractivity contribution in [2.45, 2.75) is 19.4 Å². The van der Waals surface area contributed by atoms with E-state index < -0.39 is 29.4 Å². The minimum atomic E-state index is -0.949. The van der Waals surface area contributed by atoms with Gasteiger partial charge in [-0.15, -0.1) is 0 Å². The predicted molar refractivity (Wildman–Crippen MR) is 59.3 cm³/mol. The lowest BCUT2D eigenvalue weighted by Crippen LogP contribution is -2.32. The van der Waals surface area contributed by atoms with Crippen molar-refractivity contribution in [3.63, 3.8) is 0 Å². The van der Waals surface area contributed by atoms with Crippen LogP contribution in [0.5, 0.6) is 0 Å². The summed E-state index contributed by atoms with van der Waals surface area (Å²) in [6, 6.07) is 1.47. The number of hydrogen-bond acceptors (Lipinski definition) is 3. The van der Waals surface area contributed by atoms with Crippen LogP contribution in [0.2, 0.25) is 0 Å². The fraction of sp³-hybridized carbons (Fsp3) is 0.333. The molecule has 0 fully saturated rings. The van der Waals surface area contributed by atoms with E-state index in [0.29, 0.717) is 6.07 Å². The molecule has 1 heterocycles. The molecule has 4 nitrogen and oxygen atoms in total. The summed E-state index contributed by atoms with van der Waals surface area (Å²) in [5.74, 6) is -3.66.